The number of allylic oxidation sites excluding steroid dienone is 1. The van der Waals surface area contributed by atoms with Gasteiger partial charge in [-0.05, 0) is 44.8 Å². The average molecular weight is 326 g/mol. The van der Waals surface area contributed by atoms with E-state index in [9.17, 15) is 4.79 Å². The van der Waals surface area contributed by atoms with E-state index in [0.29, 0.717) is 29.8 Å². The van der Waals surface area contributed by atoms with Gasteiger partial charge in [-0.25, -0.2) is 4.79 Å². The number of nitrogens with one attached hydrogen (secondary N) is 2. The summed E-state index contributed by atoms with van der Waals surface area (Å²) in [4.78, 5) is 12.5. The van der Waals surface area contributed by atoms with Crippen molar-refractivity contribution in [3.63, 3.8) is 0 Å². The first-order valence-electron chi connectivity index (χ1n) is 8.16. The van der Waals surface area contributed by atoms with Gasteiger partial charge in [0.2, 0.25) is 0 Å². The van der Waals surface area contributed by atoms with Crippen molar-refractivity contribution in [2.75, 3.05) is 19.8 Å². The second-order valence-electron chi connectivity index (χ2n) is 5.85. The molecule has 1 aliphatic heterocycles. The molecule has 22 heavy (non-hydrogen) atoms. The number of rotatable bonds is 6. The maximum absolute atomic E-state index is 12.5. The molecule has 0 aromatic heterocycles. The highest BCUT2D eigenvalue weighted by Gasteiger charge is 2.35. The zero-order chi connectivity index (χ0) is 15.9. The van der Waals surface area contributed by atoms with Crippen molar-refractivity contribution >= 4 is 23.3 Å². The minimum atomic E-state index is -0.268. The highest BCUT2D eigenvalue weighted by molar-refractivity contribution is 7.80. The summed E-state index contributed by atoms with van der Waals surface area (Å²) in [6.07, 6.45) is 5.97. The Morgan fingerprint density at radius 2 is 2.00 bits per heavy atom. The second kappa shape index (κ2) is 8.48. The van der Waals surface area contributed by atoms with E-state index in [0.717, 1.165) is 18.5 Å². The summed E-state index contributed by atoms with van der Waals surface area (Å²) in [7, 11) is 0. The first kappa shape index (κ1) is 17.2. The first-order chi connectivity index (χ1) is 10.6. The summed E-state index contributed by atoms with van der Waals surface area (Å²) in [5.74, 6) is 0.175. The van der Waals surface area contributed by atoms with Crippen LogP contribution in [0.5, 0.6) is 0 Å². The van der Waals surface area contributed by atoms with Crippen molar-refractivity contribution in [2.45, 2.75) is 52.0 Å². The van der Waals surface area contributed by atoms with Gasteiger partial charge >= 0.3 is 5.97 Å². The normalized spacial score (nSPS) is 23.0. The van der Waals surface area contributed by atoms with Gasteiger partial charge in [0.1, 0.15) is 6.61 Å². The molecule has 0 aromatic carbocycles. The van der Waals surface area contributed by atoms with Crippen LogP contribution in [-0.2, 0) is 14.3 Å². The summed E-state index contributed by atoms with van der Waals surface area (Å²) in [5, 5.41) is 6.92. The van der Waals surface area contributed by atoms with E-state index >= 15 is 0 Å². The van der Waals surface area contributed by atoms with Gasteiger partial charge in [-0.15, -0.1) is 0 Å². The molecule has 2 aliphatic rings. The Bertz CT molecular complexity index is 445. The summed E-state index contributed by atoms with van der Waals surface area (Å²) in [5.41, 5.74) is 1.50. The van der Waals surface area contributed by atoms with Crippen LogP contribution in [0.25, 0.3) is 0 Å². The van der Waals surface area contributed by atoms with Gasteiger partial charge in [0.25, 0.3) is 0 Å². The molecule has 0 radical (unpaired) electrons. The molecule has 1 atom stereocenters. The van der Waals surface area contributed by atoms with Gasteiger partial charge in [-0.1, -0.05) is 19.3 Å². The van der Waals surface area contributed by atoms with Crippen LogP contribution in [0.3, 0.4) is 0 Å². The van der Waals surface area contributed by atoms with Crippen LogP contribution >= 0.6 is 12.2 Å². The first-order valence-corrected chi connectivity index (χ1v) is 8.57. The van der Waals surface area contributed by atoms with Crippen molar-refractivity contribution in [1.29, 1.82) is 0 Å². The molecule has 1 unspecified atom stereocenters. The number of hydrogen-bond acceptors (Lipinski definition) is 4. The molecular formula is C16H26N2O3S. The summed E-state index contributed by atoms with van der Waals surface area (Å²) < 4.78 is 10.6. The maximum atomic E-state index is 12.5. The molecule has 0 spiro atoms. The molecule has 124 valence electrons. The van der Waals surface area contributed by atoms with E-state index in [2.05, 4.69) is 10.6 Å². The van der Waals surface area contributed by atoms with Gasteiger partial charge in [-0.2, -0.15) is 0 Å². The van der Waals surface area contributed by atoms with Crippen LogP contribution in [0.1, 0.15) is 46.0 Å². The molecule has 1 saturated carbocycles. The third-order valence-corrected chi connectivity index (χ3v) is 4.53. The van der Waals surface area contributed by atoms with Crippen molar-refractivity contribution in [2.24, 2.45) is 5.92 Å². The largest absolute Gasteiger partial charge is 0.460 e. The van der Waals surface area contributed by atoms with E-state index in [1.54, 1.807) is 0 Å². The highest BCUT2D eigenvalue weighted by atomic mass is 32.1. The topological polar surface area (TPSA) is 59.6 Å². The van der Waals surface area contributed by atoms with Crippen LogP contribution < -0.4 is 10.6 Å². The van der Waals surface area contributed by atoms with Crippen molar-refractivity contribution < 1.29 is 14.3 Å². The molecule has 2 N–H and O–H groups in total. The Morgan fingerprint density at radius 3 is 2.68 bits per heavy atom. The molecule has 0 aromatic rings. The van der Waals surface area contributed by atoms with Crippen molar-refractivity contribution in [3.05, 3.63) is 11.3 Å². The lowest BCUT2D eigenvalue weighted by Crippen LogP contribution is -2.53. The zero-order valence-electron chi connectivity index (χ0n) is 13.4. The standard InChI is InChI=1S/C16H26N2O3S/c1-3-20-9-10-21-15(19)13-11(2)17-16(22)18-14(13)12-7-5-4-6-8-12/h12,14H,3-10H2,1-2H3,(H2,17,18,22). The van der Waals surface area contributed by atoms with Gasteiger partial charge in [0.15, 0.2) is 5.11 Å². The number of esters is 1. The Labute approximate surface area is 137 Å². The number of carbonyl (C=O) groups excluding carboxylic acids is 1. The van der Waals surface area contributed by atoms with Crippen LogP contribution in [0.15, 0.2) is 11.3 Å². The quantitative estimate of drug-likeness (QED) is 0.444. The Morgan fingerprint density at radius 1 is 1.27 bits per heavy atom. The van der Waals surface area contributed by atoms with E-state index in [1.165, 1.54) is 19.3 Å². The molecular weight excluding hydrogens is 300 g/mol. The van der Waals surface area contributed by atoms with Gasteiger partial charge in [0.05, 0.1) is 18.2 Å². The maximum Gasteiger partial charge on any atom is 0.337 e. The van der Waals surface area contributed by atoms with Crippen LogP contribution in [0.4, 0.5) is 0 Å². The number of hydrogen-bond donors (Lipinski definition) is 2. The van der Waals surface area contributed by atoms with E-state index in [-0.39, 0.29) is 18.6 Å². The summed E-state index contributed by atoms with van der Waals surface area (Å²) >= 11 is 5.26. The molecule has 2 rings (SSSR count). The molecule has 0 amide bonds. The Hall–Kier alpha value is -1.14. The third-order valence-electron chi connectivity index (χ3n) is 4.31. The molecule has 1 heterocycles. The van der Waals surface area contributed by atoms with Crippen molar-refractivity contribution in [3.8, 4) is 0 Å². The highest BCUT2D eigenvalue weighted by Crippen LogP contribution is 2.31. The predicted molar refractivity (Wildman–Crippen MR) is 89.4 cm³/mol. The zero-order valence-corrected chi connectivity index (χ0v) is 14.3. The number of thiocarbonyl (C=S) groups is 1. The lowest BCUT2D eigenvalue weighted by molar-refractivity contribution is -0.141. The van der Waals surface area contributed by atoms with Gasteiger partial charge in [0, 0.05) is 12.3 Å². The molecule has 1 fully saturated rings. The van der Waals surface area contributed by atoms with Crippen LogP contribution in [0, 0.1) is 5.92 Å². The smallest absolute Gasteiger partial charge is 0.337 e. The molecule has 1 aliphatic carbocycles. The Kier molecular flexibility index (Phi) is 6.64. The fourth-order valence-electron chi connectivity index (χ4n) is 3.24. The second-order valence-corrected chi connectivity index (χ2v) is 6.25. The minimum Gasteiger partial charge on any atom is -0.460 e. The van der Waals surface area contributed by atoms with Crippen LogP contribution in [-0.4, -0.2) is 36.9 Å². The fraction of sp³-hybridized carbons (Fsp3) is 0.750. The van der Waals surface area contributed by atoms with E-state index < -0.39 is 0 Å². The lowest BCUT2D eigenvalue weighted by atomic mass is 9.80. The van der Waals surface area contributed by atoms with Gasteiger partial charge < -0.3 is 20.1 Å². The lowest BCUT2D eigenvalue weighted by Gasteiger charge is -2.36. The number of carbonyl (C=O) groups is 1. The minimum absolute atomic E-state index is 0.0337. The molecule has 0 bridgehead atoms. The monoisotopic (exact) mass is 326 g/mol. The van der Waals surface area contributed by atoms with E-state index in [1.807, 2.05) is 13.8 Å². The Balaban J connectivity index is 2.06. The fourth-order valence-corrected chi connectivity index (χ4v) is 3.52. The SMILES string of the molecule is CCOCCOC(=O)C1=C(C)NC(=S)NC1C1CCCCC1. The van der Waals surface area contributed by atoms with Crippen LogP contribution in [0.2, 0.25) is 0 Å². The molecule has 0 saturated heterocycles. The predicted octanol–water partition coefficient (Wildman–Crippen LogP) is 2.27. The molecule has 6 heteroatoms. The number of ether oxygens (including phenoxy) is 2. The van der Waals surface area contributed by atoms with E-state index in [4.69, 9.17) is 21.7 Å². The summed E-state index contributed by atoms with van der Waals surface area (Å²) in [6.45, 7) is 5.15. The third kappa shape index (κ3) is 4.43. The summed E-state index contributed by atoms with van der Waals surface area (Å²) in [6, 6.07) is -0.0337. The van der Waals surface area contributed by atoms with Gasteiger partial charge in [-0.3, -0.25) is 0 Å². The average Bonchev–Trinajstić information content (AvgIpc) is 2.51. The van der Waals surface area contributed by atoms with Crippen molar-refractivity contribution in [1.82, 2.24) is 10.6 Å². The molecule has 5 nitrogen and oxygen atoms in total.